The van der Waals surface area contributed by atoms with Gasteiger partial charge < -0.3 is 0 Å². The van der Waals surface area contributed by atoms with Crippen molar-refractivity contribution in [2.75, 3.05) is 0 Å². The number of hydrogen-bond acceptors (Lipinski definition) is 1. The summed E-state index contributed by atoms with van der Waals surface area (Å²) in [7, 11) is 0. The van der Waals surface area contributed by atoms with Crippen molar-refractivity contribution in [3.63, 3.8) is 0 Å². The second-order valence-corrected chi connectivity index (χ2v) is 6.29. The standard InChI is InChI=1S/C18H22O/c1-14-10-11-18(13-15-6-3-2-4-7-15)16(12-14)8-5-9-17(18)19/h2-4,6-7,10,16H,5,8-9,11-13H2,1H3/t16-,18-/m0/s1. The van der Waals surface area contributed by atoms with E-state index in [4.69, 9.17) is 0 Å². The molecule has 0 N–H and O–H groups in total. The number of fused-ring (bicyclic) bond motifs is 1. The van der Waals surface area contributed by atoms with Crippen LogP contribution in [0.3, 0.4) is 0 Å². The summed E-state index contributed by atoms with van der Waals surface area (Å²) in [6.07, 6.45) is 8.42. The second kappa shape index (κ2) is 4.96. The maximum atomic E-state index is 12.6. The lowest BCUT2D eigenvalue weighted by molar-refractivity contribution is -0.135. The van der Waals surface area contributed by atoms with Crippen molar-refractivity contribution < 1.29 is 4.79 Å². The molecule has 0 radical (unpaired) electrons. The van der Waals surface area contributed by atoms with E-state index in [0.29, 0.717) is 11.7 Å². The molecular weight excluding hydrogens is 232 g/mol. The van der Waals surface area contributed by atoms with E-state index in [1.54, 1.807) is 0 Å². The quantitative estimate of drug-likeness (QED) is 0.718. The minimum atomic E-state index is -0.0981. The summed E-state index contributed by atoms with van der Waals surface area (Å²) in [4.78, 5) is 12.6. The Bertz CT molecular complexity index is 500. The van der Waals surface area contributed by atoms with Crippen molar-refractivity contribution in [2.45, 2.75) is 45.4 Å². The molecule has 0 bridgehead atoms. The van der Waals surface area contributed by atoms with Crippen LogP contribution in [0.1, 0.15) is 44.6 Å². The summed E-state index contributed by atoms with van der Waals surface area (Å²) in [5, 5.41) is 0. The highest BCUT2D eigenvalue weighted by Crippen LogP contribution is 2.49. The normalized spacial score (nSPS) is 30.7. The molecule has 1 aromatic rings. The molecule has 1 aromatic carbocycles. The van der Waals surface area contributed by atoms with Crippen LogP contribution in [-0.4, -0.2) is 5.78 Å². The van der Waals surface area contributed by atoms with Gasteiger partial charge in [-0.25, -0.2) is 0 Å². The van der Waals surface area contributed by atoms with Gasteiger partial charge in [0.05, 0.1) is 0 Å². The topological polar surface area (TPSA) is 17.1 Å². The monoisotopic (exact) mass is 254 g/mol. The first-order valence-corrected chi connectivity index (χ1v) is 7.43. The molecule has 0 spiro atoms. The van der Waals surface area contributed by atoms with Crippen molar-refractivity contribution >= 4 is 5.78 Å². The summed E-state index contributed by atoms with van der Waals surface area (Å²) < 4.78 is 0. The van der Waals surface area contributed by atoms with Crippen LogP contribution in [0.4, 0.5) is 0 Å². The minimum absolute atomic E-state index is 0.0981. The molecule has 0 aromatic heterocycles. The van der Waals surface area contributed by atoms with Crippen LogP contribution in [-0.2, 0) is 11.2 Å². The fourth-order valence-electron chi connectivity index (χ4n) is 3.94. The number of allylic oxidation sites excluding steroid dienone is 2. The van der Waals surface area contributed by atoms with Crippen molar-refractivity contribution in [3.8, 4) is 0 Å². The molecule has 100 valence electrons. The molecule has 1 heteroatoms. The summed E-state index contributed by atoms with van der Waals surface area (Å²) in [5.41, 5.74) is 2.69. The molecule has 2 atom stereocenters. The number of Topliss-reactive ketones (excluding diaryl/α,β-unsaturated/α-hetero) is 1. The average Bonchev–Trinajstić information content (AvgIpc) is 2.42. The second-order valence-electron chi connectivity index (χ2n) is 6.29. The zero-order valence-electron chi connectivity index (χ0n) is 11.7. The SMILES string of the molecule is CC1=CC[C@@]2(Cc3ccccc3)C(=O)CCC[C@H]2C1. The van der Waals surface area contributed by atoms with Gasteiger partial charge in [-0.15, -0.1) is 0 Å². The van der Waals surface area contributed by atoms with Gasteiger partial charge in [0.25, 0.3) is 0 Å². The molecular formula is C18H22O. The van der Waals surface area contributed by atoms with Gasteiger partial charge in [0.15, 0.2) is 0 Å². The highest BCUT2D eigenvalue weighted by atomic mass is 16.1. The van der Waals surface area contributed by atoms with Gasteiger partial charge in [-0.05, 0) is 50.5 Å². The van der Waals surface area contributed by atoms with Crippen LogP contribution in [0.5, 0.6) is 0 Å². The van der Waals surface area contributed by atoms with Crippen molar-refractivity contribution in [1.29, 1.82) is 0 Å². The average molecular weight is 254 g/mol. The highest BCUT2D eigenvalue weighted by molar-refractivity contribution is 5.86. The van der Waals surface area contributed by atoms with Gasteiger partial charge >= 0.3 is 0 Å². The molecule has 2 aliphatic rings. The fraction of sp³-hybridized carbons (Fsp3) is 0.500. The summed E-state index contributed by atoms with van der Waals surface area (Å²) in [6.45, 7) is 2.21. The number of hydrogen-bond donors (Lipinski definition) is 0. The fourth-order valence-corrected chi connectivity index (χ4v) is 3.94. The molecule has 3 rings (SSSR count). The van der Waals surface area contributed by atoms with E-state index in [1.807, 2.05) is 6.07 Å². The third kappa shape index (κ3) is 2.27. The largest absolute Gasteiger partial charge is 0.299 e. The third-order valence-corrected chi connectivity index (χ3v) is 5.04. The molecule has 0 unspecified atom stereocenters. The van der Waals surface area contributed by atoms with E-state index < -0.39 is 0 Å². The molecule has 1 saturated carbocycles. The summed E-state index contributed by atoms with van der Waals surface area (Å²) in [5.74, 6) is 1.08. The smallest absolute Gasteiger partial charge is 0.139 e. The van der Waals surface area contributed by atoms with Crippen LogP contribution in [0.25, 0.3) is 0 Å². The Morgan fingerprint density at radius 2 is 2.05 bits per heavy atom. The zero-order valence-corrected chi connectivity index (χ0v) is 11.7. The first-order chi connectivity index (χ1) is 9.21. The Hall–Kier alpha value is -1.37. The van der Waals surface area contributed by atoms with Crippen LogP contribution >= 0.6 is 0 Å². The first-order valence-electron chi connectivity index (χ1n) is 7.43. The molecule has 19 heavy (non-hydrogen) atoms. The number of ketones is 1. The molecule has 2 aliphatic carbocycles. The number of benzene rings is 1. The van der Waals surface area contributed by atoms with E-state index in [2.05, 4.69) is 37.3 Å². The Labute approximate surface area is 115 Å². The predicted octanol–water partition coefficient (Wildman–Crippen LogP) is 4.32. The van der Waals surface area contributed by atoms with Crippen LogP contribution < -0.4 is 0 Å². The van der Waals surface area contributed by atoms with Crippen molar-refractivity contribution in [3.05, 3.63) is 47.5 Å². The molecule has 1 fully saturated rings. The maximum Gasteiger partial charge on any atom is 0.139 e. The van der Waals surface area contributed by atoms with Gasteiger partial charge in [0, 0.05) is 11.8 Å². The van der Waals surface area contributed by atoms with Crippen LogP contribution in [0, 0.1) is 11.3 Å². The van der Waals surface area contributed by atoms with Crippen molar-refractivity contribution in [1.82, 2.24) is 0 Å². The molecule has 0 saturated heterocycles. The maximum absolute atomic E-state index is 12.6. The van der Waals surface area contributed by atoms with E-state index >= 15 is 0 Å². The number of rotatable bonds is 2. The van der Waals surface area contributed by atoms with Crippen LogP contribution in [0.2, 0.25) is 0 Å². The van der Waals surface area contributed by atoms with Gasteiger partial charge in [-0.1, -0.05) is 42.0 Å². The first kappa shape index (κ1) is 12.7. The van der Waals surface area contributed by atoms with Gasteiger partial charge in [0.2, 0.25) is 0 Å². The Morgan fingerprint density at radius 1 is 1.26 bits per heavy atom. The predicted molar refractivity (Wildman–Crippen MR) is 77.9 cm³/mol. The lowest BCUT2D eigenvalue weighted by Gasteiger charge is -2.45. The number of carbonyl (C=O) groups is 1. The third-order valence-electron chi connectivity index (χ3n) is 5.04. The van der Waals surface area contributed by atoms with Gasteiger partial charge in [-0.2, -0.15) is 0 Å². The Morgan fingerprint density at radius 3 is 2.84 bits per heavy atom. The highest BCUT2D eigenvalue weighted by Gasteiger charge is 2.47. The Kier molecular flexibility index (Phi) is 3.30. The van der Waals surface area contributed by atoms with E-state index in [9.17, 15) is 4.79 Å². The van der Waals surface area contributed by atoms with E-state index in [1.165, 1.54) is 17.6 Å². The molecule has 0 amide bonds. The zero-order chi connectivity index (χ0) is 13.3. The van der Waals surface area contributed by atoms with E-state index in [0.717, 1.165) is 32.1 Å². The van der Waals surface area contributed by atoms with Gasteiger partial charge in [-0.3, -0.25) is 4.79 Å². The molecule has 0 heterocycles. The summed E-state index contributed by atoms with van der Waals surface area (Å²) >= 11 is 0. The molecule has 0 aliphatic heterocycles. The van der Waals surface area contributed by atoms with Gasteiger partial charge in [0.1, 0.15) is 5.78 Å². The Balaban J connectivity index is 1.94. The lowest BCUT2D eigenvalue weighted by atomic mass is 9.57. The van der Waals surface area contributed by atoms with E-state index in [-0.39, 0.29) is 5.41 Å². The summed E-state index contributed by atoms with van der Waals surface area (Å²) in [6, 6.07) is 10.5. The lowest BCUT2D eigenvalue weighted by Crippen LogP contribution is -2.45. The number of carbonyl (C=O) groups excluding carboxylic acids is 1. The van der Waals surface area contributed by atoms with Crippen molar-refractivity contribution in [2.24, 2.45) is 11.3 Å². The van der Waals surface area contributed by atoms with Crippen LogP contribution in [0.15, 0.2) is 42.0 Å². The minimum Gasteiger partial charge on any atom is -0.299 e. The molecule has 1 nitrogen and oxygen atoms in total.